The molecule has 0 radical (unpaired) electrons. The highest BCUT2D eigenvalue weighted by Crippen LogP contribution is 2.42. The van der Waals surface area contributed by atoms with Crippen LogP contribution in [0, 0.1) is 0 Å². The minimum atomic E-state index is 0.744. The monoisotopic (exact) mass is 432 g/mol. The van der Waals surface area contributed by atoms with E-state index in [0.717, 1.165) is 10.6 Å². The van der Waals surface area contributed by atoms with Crippen molar-refractivity contribution in [3.05, 3.63) is 126 Å². The normalized spacial score (nSPS) is 10.8. The van der Waals surface area contributed by atoms with Crippen molar-refractivity contribution in [2.45, 2.75) is 0 Å². The summed E-state index contributed by atoms with van der Waals surface area (Å²) < 4.78 is 2.19. The molecular weight excluding hydrogens is 410 g/mol. The van der Waals surface area contributed by atoms with Crippen molar-refractivity contribution in [2.24, 2.45) is 7.05 Å². The zero-order valence-electron chi connectivity index (χ0n) is 17.9. The number of aryl methyl sites for hydroxylation is 1. The summed E-state index contributed by atoms with van der Waals surface area (Å²) in [5.74, 6) is 0. The average Bonchev–Trinajstić information content (AvgIpc) is 2.85. The molecule has 0 fully saturated rings. The third-order valence-electron chi connectivity index (χ3n) is 5.80. The standard InChI is InChI=1S/C30H23ClN/c1-32-19-9-8-14-29(32)30-27(23-10-4-2-5-11-23)20-25(22-15-17-26(31)18-16-22)21-28(30)24-12-6-3-7-13-24/h2-21H,1H3/q+1. The van der Waals surface area contributed by atoms with Crippen LogP contribution in [0.1, 0.15) is 0 Å². The van der Waals surface area contributed by atoms with E-state index >= 15 is 0 Å². The quantitative estimate of drug-likeness (QED) is 0.255. The molecule has 0 aliphatic heterocycles. The van der Waals surface area contributed by atoms with Gasteiger partial charge in [0.15, 0.2) is 6.20 Å². The number of nitrogens with zero attached hydrogens (tertiary/aromatic N) is 1. The Labute approximate surface area is 194 Å². The molecule has 0 saturated heterocycles. The molecule has 0 unspecified atom stereocenters. The summed E-state index contributed by atoms with van der Waals surface area (Å²) in [4.78, 5) is 0. The molecule has 0 aliphatic rings. The maximum atomic E-state index is 6.17. The Kier molecular flexibility index (Phi) is 5.58. The van der Waals surface area contributed by atoms with Crippen LogP contribution in [0.4, 0.5) is 0 Å². The van der Waals surface area contributed by atoms with Gasteiger partial charge in [-0.1, -0.05) is 84.4 Å². The van der Waals surface area contributed by atoms with Gasteiger partial charge < -0.3 is 0 Å². The Bertz CT molecular complexity index is 1300. The van der Waals surface area contributed by atoms with Gasteiger partial charge in [0.25, 0.3) is 0 Å². The summed E-state index contributed by atoms with van der Waals surface area (Å²) in [6.45, 7) is 0. The fourth-order valence-electron chi connectivity index (χ4n) is 4.20. The highest BCUT2D eigenvalue weighted by molar-refractivity contribution is 6.30. The van der Waals surface area contributed by atoms with Crippen molar-refractivity contribution in [1.29, 1.82) is 0 Å². The van der Waals surface area contributed by atoms with E-state index in [4.69, 9.17) is 11.6 Å². The van der Waals surface area contributed by atoms with E-state index in [-0.39, 0.29) is 0 Å². The van der Waals surface area contributed by atoms with Crippen molar-refractivity contribution in [3.8, 4) is 44.6 Å². The summed E-state index contributed by atoms with van der Waals surface area (Å²) in [6.07, 6.45) is 2.10. The van der Waals surface area contributed by atoms with Crippen LogP contribution < -0.4 is 4.57 Å². The maximum absolute atomic E-state index is 6.17. The zero-order valence-corrected chi connectivity index (χ0v) is 18.6. The smallest absolute Gasteiger partial charge is 0.201 e. The van der Waals surface area contributed by atoms with Gasteiger partial charge in [0.05, 0.1) is 5.56 Å². The summed E-state index contributed by atoms with van der Waals surface area (Å²) >= 11 is 6.17. The molecule has 0 saturated carbocycles. The lowest BCUT2D eigenvalue weighted by Gasteiger charge is -2.17. The van der Waals surface area contributed by atoms with Crippen LogP contribution in [0.3, 0.4) is 0 Å². The van der Waals surface area contributed by atoms with Gasteiger partial charge in [0.2, 0.25) is 5.69 Å². The summed E-state index contributed by atoms with van der Waals surface area (Å²) in [7, 11) is 2.10. The fraction of sp³-hybridized carbons (Fsp3) is 0.0333. The second-order valence-corrected chi connectivity index (χ2v) is 8.32. The Morgan fingerprint density at radius 2 is 1.06 bits per heavy atom. The predicted octanol–water partition coefficient (Wildman–Crippen LogP) is 7.83. The highest BCUT2D eigenvalue weighted by Gasteiger charge is 2.22. The predicted molar refractivity (Wildman–Crippen MR) is 134 cm³/mol. The van der Waals surface area contributed by atoms with Crippen LogP contribution in [0.15, 0.2) is 121 Å². The molecule has 154 valence electrons. The van der Waals surface area contributed by atoms with E-state index in [0.29, 0.717) is 0 Å². The van der Waals surface area contributed by atoms with Crippen molar-refractivity contribution in [3.63, 3.8) is 0 Å². The number of hydrogen-bond acceptors (Lipinski definition) is 0. The Morgan fingerprint density at radius 1 is 0.531 bits per heavy atom. The molecule has 0 amide bonds. The number of aromatic nitrogens is 1. The first kappa shape index (κ1) is 20.2. The first-order chi connectivity index (χ1) is 15.7. The topological polar surface area (TPSA) is 3.88 Å². The summed E-state index contributed by atoms with van der Waals surface area (Å²) in [6, 6.07) is 40.3. The molecule has 5 rings (SSSR count). The third kappa shape index (κ3) is 3.95. The average molecular weight is 433 g/mol. The highest BCUT2D eigenvalue weighted by atomic mass is 35.5. The van der Waals surface area contributed by atoms with Crippen LogP contribution in [-0.4, -0.2) is 0 Å². The molecule has 0 spiro atoms. The molecular formula is C30H23ClN+. The van der Waals surface area contributed by atoms with Crippen molar-refractivity contribution in [1.82, 2.24) is 0 Å². The van der Waals surface area contributed by atoms with Gasteiger partial charge in [-0.2, -0.15) is 0 Å². The van der Waals surface area contributed by atoms with E-state index in [1.54, 1.807) is 0 Å². The Morgan fingerprint density at radius 3 is 1.59 bits per heavy atom. The van der Waals surface area contributed by atoms with Crippen LogP contribution >= 0.6 is 11.6 Å². The zero-order chi connectivity index (χ0) is 21.9. The third-order valence-corrected chi connectivity index (χ3v) is 6.05. The van der Waals surface area contributed by atoms with E-state index < -0.39 is 0 Å². The molecule has 1 aromatic heterocycles. The van der Waals surface area contributed by atoms with Gasteiger partial charge in [0.1, 0.15) is 7.05 Å². The molecule has 0 N–H and O–H groups in total. The molecule has 4 aromatic carbocycles. The van der Waals surface area contributed by atoms with E-state index in [2.05, 4.69) is 121 Å². The lowest BCUT2D eigenvalue weighted by atomic mass is 9.86. The van der Waals surface area contributed by atoms with Crippen LogP contribution in [0.5, 0.6) is 0 Å². The molecule has 0 bridgehead atoms. The molecule has 0 aliphatic carbocycles. The van der Waals surface area contributed by atoms with Gasteiger partial charge in [-0.05, 0) is 63.7 Å². The SMILES string of the molecule is C[n+]1ccccc1-c1c(-c2ccccc2)cc(-c2ccc(Cl)cc2)cc1-c1ccccc1. The number of pyridine rings is 1. The van der Waals surface area contributed by atoms with Gasteiger partial charge in [-0.15, -0.1) is 0 Å². The largest absolute Gasteiger partial charge is 0.213 e. The minimum absolute atomic E-state index is 0.744. The maximum Gasteiger partial charge on any atom is 0.213 e. The van der Waals surface area contributed by atoms with Gasteiger partial charge in [-0.3, -0.25) is 0 Å². The second kappa shape index (κ2) is 8.82. The van der Waals surface area contributed by atoms with Crippen LogP contribution in [0.2, 0.25) is 5.02 Å². The number of hydrogen-bond donors (Lipinski definition) is 0. The fourth-order valence-corrected chi connectivity index (χ4v) is 4.33. The van der Waals surface area contributed by atoms with Gasteiger partial charge >= 0.3 is 0 Å². The van der Waals surface area contributed by atoms with Crippen molar-refractivity contribution in [2.75, 3.05) is 0 Å². The first-order valence-corrected chi connectivity index (χ1v) is 11.1. The molecule has 5 aromatic rings. The minimum Gasteiger partial charge on any atom is -0.201 e. The molecule has 1 heterocycles. The summed E-state index contributed by atoms with van der Waals surface area (Å²) in [5.41, 5.74) is 9.52. The van der Waals surface area contributed by atoms with Crippen LogP contribution in [-0.2, 0) is 7.05 Å². The molecule has 2 heteroatoms. The first-order valence-electron chi connectivity index (χ1n) is 10.7. The number of halogens is 1. The molecule has 0 atom stereocenters. The summed E-state index contributed by atoms with van der Waals surface area (Å²) in [5, 5.41) is 0.744. The molecule has 1 nitrogen and oxygen atoms in total. The lowest BCUT2D eigenvalue weighted by molar-refractivity contribution is -0.660. The van der Waals surface area contributed by atoms with E-state index in [9.17, 15) is 0 Å². The van der Waals surface area contributed by atoms with Gasteiger partial charge in [0, 0.05) is 17.2 Å². The van der Waals surface area contributed by atoms with Crippen molar-refractivity contribution < 1.29 is 4.57 Å². The second-order valence-electron chi connectivity index (χ2n) is 7.88. The number of rotatable bonds is 4. The van der Waals surface area contributed by atoms with Crippen molar-refractivity contribution >= 4 is 11.6 Å². The molecule has 32 heavy (non-hydrogen) atoms. The van der Waals surface area contributed by atoms with E-state index in [1.165, 1.54) is 39.1 Å². The lowest BCUT2D eigenvalue weighted by Crippen LogP contribution is -2.30. The van der Waals surface area contributed by atoms with E-state index in [1.807, 2.05) is 12.1 Å². The van der Waals surface area contributed by atoms with Crippen LogP contribution in [0.25, 0.3) is 44.6 Å². The number of benzene rings is 4. The Hall–Kier alpha value is -3.68. The Balaban J connectivity index is 1.89. The van der Waals surface area contributed by atoms with Gasteiger partial charge in [-0.25, -0.2) is 4.57 Å².